The third-order valence-electron chi connectivity index (χ3n) is 4.69. The van der Waals surface area contributed by atoms with Crippen LogP contribution in [0.4, 0.5) is 18.9 Å². The monoisotopic (exact) mass is 497 g/mol. The van der Waals surface area contributed by atoms with Crippen LogP contribution in [0, 0.1) is 6.92 Å². The van der Waals surface area contributed by atoms with E-state index in [4.69, 9.17) is 22.1 Å². The molecule has 1 aromatic heterocycles. The van der Waals surface area contributed by atoms with Gasteiger partial charge in [0, 0.05) is 23.9 Å². The van der Waals surface area contributed by atoms with Crippen molar-refractivity contribution in [2.45, 2.75) is 37.9 Å². The van der Waals surface area contributed by atoms with E-state index in [1.807, 2.05) is 0 Å². The summed E-state index contributed by atoms with van der Waals surface area (Å²) in [6.07, 6.45) is -4.82. The number of hydrogen-bond donors (Lipinski definition) is 4. The molecule has 1 aliphatic rings. The second-order valence-corrected chi connectivity index (χ2v) is 7.33. The van der Waals surface area contributed by atoms with Crippen molar-refractivity contribution in [1.29, 1.82) is 0 Å². The van der Waals surface area contributed by atoms with Crippen LogP contribution in [-0.4, -0.2) is 39.4 Å². The Morgan fingerprint density at radius 1 is 1.44 bits per heavy atom. The quantitative estimate of drug-likeness (QED) is 0.377. The number of nitrogens with two attached hydrogens (primary N) is 1. The predicted octanol–water partition coefficient (Wildman–Crippen LogP) is 2.01. The Bertz CT molecular complexity index is 1120. The molecule has 2 heterocycles. The third-order valence-corrected chi connectivity index (χ3v) is 5.02. The van der Waals surface area contributed by atoms with Gasteiger partial charge in [0.15, 0.2) is 5.96 Å². The average molecular weight is 498 g/mol. The van der Waals surface area contributed by atoms with Gasteiger partial charge in [0.05, 0.1) is 23.2 Å². The van der Waals surface area contributed by atoms with E-state index in [0.717, 1.165) is 12.1 Å². The molecule has 0 aliphatic carbocycles. The molecule has 1 aliphatic heterocycles. The SMILES string of the molecule is Cc1cn([C@H]2C[C@H](N=C(N)Nc3ccc(Cl)c(C(F)(F)F)c3)[C@@H](CO)O2)c(=O)[nH]c1=O.Cl. The Morgan fingerprint density at radius 3 is 2.75 bits per heavy atom. The fraction of sp³-hybridized carbons (Fsp3) is 0.389. The number of aliphatic imine (C=N–C) groups is 1. The van der Waals surface area contributed by atoms with Crippen LogP contribution in [0.1, 0.15) is 23.8 Å². The number of hydrogen-bond acceptors (Lipinski definition) is 5. The first-order valence-corrected chi connectivity index (χ1v) is 9.43. The van der Waals surface area contributed by atoms with Crippen molar-refractivity contribution in [2.75, 3.05) is 11.9 Å². The number of halogens is 5. The zero-order chi connectivity index (χ0) is 22.9. The summed E-state index contributed by atoms with van der Waals surface area (Å²) in [5.74, 6) is -0.215. The van der Waals surface area contributed by atoms with Gasteiger partial charge in [0.1, 0.15) is 12.3 Å². The van der Waals surface area contributed by atoms with E-state index >= 15 is 0 Å². The Labute approximate surface area is 190 Å². The number of aliphatic hydroxyl groups is 1. The van der Waals surface area contributed by atoms with E-state index in [-0.39, 0.29) is 30.5 Å². The highest BCUT2D eigenvalue weighted by Gasteiger charge is 2.37. The molecule has 0 saturated carbocycles. The number of guanidine groups is 1. The Kier molecular flexibility index (Phi) is 7.99. The molecular formula is C18H20Cl2F3N5O4. The second-order valence-electron chi connectivity index (χ2n) is 6.93. The van der Waals surface area contributed by atoms with Crippen LogP contribution < -0.4 is 22.3 Å². The number of nitrogens with zero attached hydrogens (tertiary/aromatic N) is 2. The fourth-order valence-electron chi connectivity index (χ4n) is 3.17. The summed E-state index contributed by atoms with van der Waals surface area (Å²) in [5.41, 5.74) is 3.89. The zero-order valence-corrected chi connectivity index (χ0v) is 18.1. The second kappa shape index (κ2) is 9.94. The highest BCUT2D eigenvalue weighted by molar-refractivity contribution is 6.31. The lowest BCUT2D eigenvalue weighted by Crippen LogP contribution is -2.33. The molecule has 0 spiro atoms. The number of rotatable bonds is 4. The minimum Gasteiger partial charge on any atom is -0.394 e. The van der Waals surface area contributed by atoms with E-state index in [9.17, 15) is 27.9 Å². The van der Waals surface area contributed by atoms with Gasteiger partial charge in [-0.15, -0.1) is 12.4 Å². The molecule has 5 N–H and O–H groups in total. The molecule has 1 saturated heterocycles. The summed E-state index contributed by atoms with van der Waals surface area (Å²) >= 11 is 5.60. The molecule has 3 rings (SSSR count). The van der Waals surface area contributed by atoms with Crippen molar-refractivity contribution in [1.82, 2.24) is 9.55 Å². The van der Waals surface area contributed by atoms with Crippen molar-refractivity contribution >= 4 is 35.7 Å². The van der Waals surface area contributed by atoms with Crippen LogP contribution in [0.25, 0.3) is 0 Å². The molecule has 14 heteroatoms. The Hall–Kier alpha value is -2.54. The van der Waals surface area contributed by atoms with Gasteiger partial charge >= 0.3 is 11.9 Å². The van der Waals surface area contributed by atoms with Crippen LogP contribution >= 0.6 is 24.0 Å². The molecule has 9 nitrogen and oxygen atoms in total. The summed E-state index contributed by atoms with van der Waals surface area (Å²) in [4.78, 5) is 30.0. The summed E-state index contributed by atoms with van der Waals surface area (Å²) in [6.45, 7) is 1.08. The first kappa shape index (κ1) is 25.7. The maximum Gasteiger partial charge on any atom is 0.417 e. The van der Waals surface area contributed by atoms with Crippen molar-refractivity contribution < 1.29 is 23.0 Å². The van der Waals surface area contributed by atoms with Gasteiger partial charge in [0.25, 0.3) is 5.56 Å². The summed E-state index contributed by atoms with van der Waals surface area (Å²) < 4.78 is 45.9. The first-order valence-electron chi connectivity index (χ1n) is 9.05. The molecule has 0 bridgehead atoms. The van der Waals surface area contributed by atoms with Crippen LogP contribution in [-0.2, 0) is 10.9 Å². The first-order chi connectivity index (χ1) is 14.5. The number of anilines is 1. The number of aryl methyl sites for hydroxylation is 1. The minimum atomic E-state index is -4.64. The molecule has 3 atom stereocenters. The van der Waals surface area contributed by atoms with Gasteiger partial charge < -0.3 is 20.9 Å². The Balaban J connectivity index is 0.00000363. The lowest BCUT2D eigenvalue weighted by molar-refractivity contribution is -0.137. The number of benzene rings is 1. The standard InChI is InChI=1S/C18H19ClF3N5O4.ClH/c1-8-6-27(17(30)26-15(8)29)14-5-12(13(7-28)31-14)25-16(23)24-9-2-3-11(19)10(4-9)18(20,21)22;/h2-4,6,12-14,28H,5,7H2,1H3,(H3,23,24,25)(H,26,29,30);1H/t12-,13+,14+;/m0./s1. The zero-order valence-electron chi connectivity index (χ0n) is 16.5. The minimum absolute atomic E-state index is 0. The van der Waals surface area contributed by atoms with Crippen LogP contribution in [0.5, 0.6) is 0 Å². The molecular weight excluding hydrogens is 478 g/mol. The molecule has 0 radical (unpaired) electrons. The maximum atomic E-state index is 13.0. The van der Waals surface area contributed by atoms with Gasteiger partial charge in [-0.05, 0) is 25.1 Å². The summed E-state index contributed by atoms with van der Waals surface area (Å²) in [5, 5.41) is 11.7. The van der Waals surface area contributed by atoms with Gasteiger partial charge in [-0.25, -0.2) is 9.79 Å². The molecule has 2 aromatic rings. The largest absolute Gasteiger partial charge is 0.417 e. The lowest BCUT2D eigenvalue weighted by Gasteiger charge is -2.15. The number of alkyl halides is 3. The van der Waals surface area contributed by atoms with E-state index < -0.39 is 53.0 Å². The summed E-state index contributed by atoms with van der Waals surface area (Å²) in [7, 11) is 0. The van der Waals surface area contributed by atoms with E-state index in [1.165, 1.54) is 23.8 Å². The Morgan fingerprint density at radius 2 is 2.12 bits per heavy atom. The maximum absolute atomic E-state index is 13.0. The van der Waals surface area contributed by atoms with E-state index in [1.54, 1.807) is 0 Å². The van der Waals surface area contributed by atoms with Crippen molar-refractivity contribution in [2.24, 2.45) is 10.7 Å². The normalized spacial score (nSPS) is 21.3. The van der Waals surface area contributed by atoms with Gasteiger partial charge in [-0.1, -0.05) is 11.6 Å². The molecule has 0 amide bonds. The highest BCUT2D eigenvalue weighted by atomic mass is 35.5. The molecule has 176 valence electrons. The van der Waals surface area contributed by atoms with Crippen LogP contribution in [0.2, 0.25) is 5.02 Å². The van der Waals surface area contributed by atoms with Crippen molar-refractivity contribution in [3.8, 4) is 0 Å². The summed E-state index contributed by atoms with van der Waals surface area (Å²) in [6, 6.07) is 2.48. The fourth-order valence-corrected chi connectivity index (χ4v) is 3.39. The molecule has 1 aromatic carbocycles. The van der Waals surface area contributed by atoms with Crippen LogP contribution in [0.3, 0.4) is 0 Å². The number of H-pyrrole nitrogens is 1. The lowest BCUT2D eigenvalue weighted by atomic mass is 10.1. The van der Waals surface area contributed by atoms with Crippen LogP contribution in [0.15, 0.2) is 39.0 Å². The number of nitrogens with one attached hydrogen (secondary N) is 2. The topological polar surface area (TPSA) is 135 Å². The van der Waals surface area contributed by atoms with Crippen molar-refractivity contribution in [3.05, 3.63) is 61.4 Å². The van der Waals surface area contributed by atoms with E-state index in [2.05, 4.69) is 15.3 Å². The molecule has 32 heavy (non-hydrogen) atoms. The third kappa shape index (κ3) is 5.63. The number of aromatic amines is 1. The highest BCUT2D eigenvalue weighted by Crippen LogP contribution is 2.36. The van der Waals surface area contributed by atoms with E-state index in [0.29, 0.717) is 5.56 Å². The smallest absolute Gasteiger partial charge is 0.394 e. The van der Waals surface area contributed by atoms with Gasteiger partial charge in [-0.2, -0.15) is 13.2 Å². The number of aliphatic hydroxyl groups excluding tert-OH is 1. The van der Waals surface area contributed by atoms with Gasteiger partial charge in [0.2, 0.25) is 0 Å². The number of aromatic nitrogens is 2. The van der Waals surface area contributed by atoms with Gasteiger partial charge in [-0.3, -0.25) is 14.3 Å². The number of ether oxygens (including phenoxy) is 1. The predicted molar refractivity (Wildman–Crippen MR) is 114 cm³/mol. The van der Waals surface area contributed by atoms with Crippen molar-refractivity contribution in [3.63, 3.8) is 0 Å². The molecule has 1 fully saturated rings. The average Bonchev–Trinajstić information content (AvgIpc) is 3.07. The molecule has 0 unspecified atom stereocenters.